The third kappa shape index (κ3) is 5.79. The van der Waals surface area contributed by atoms with Gasteiger partial charge in [0.25, 0.3) is 0 Å². The molecular formula is C14H20N2O2S. The van der Waals surface area contributed by atoms with Crippen molar-refractivity contribution >= 4 is 24.4 Å². The minimum atomic E-state index is -0.529. The summed E-state index contributed by atoms with van der Waals surface area (Å²) in [6.45, 7) is 5.43. The van der Waals surface area contributed by atoms with Crippen LogP contribution in [0.25, 0.3) is 0 Å². The Morgan fingerprint density at radius 2 is 1.68 bits per heavy atom. The molecule has 0 aromatic heterocycles. The third-order valence-electron chi connectivity index (χ3n) is 2.50. The van der Waals surface area contributed by atoms with Gasteiger partial charge in [0.1, 0.15) is 6.04 Å². The number of rotatable bonds is 5. The molecule has 0 aliphatic carbocycles. The average molecular weight is 280 g/mol. The molecule has 0 bridgehead atoms. The van der Waals surface area contributed by atoms with E-state index in [1.807, 2.05) is 38.1 Å². The molecule has 2 amide bonds. The standard InChI is InChI=1S/C14H20N2O2S/c1-9(2)15-14(18)10(3)16-13(17)8-11-4-6-12(19)7-5-11/h4-7,9-10,19H,8H2,1-3H3,(H,15,18)(H,16,17). The zero-order valence-electron chi connectivity index (χ0n) is 11.4. The molecule has 0 radical (unpaired) electrons. The third-order valence-corrected chi connectivity index (χ3v) is 2.80. The number of carbonyl (C=O) groups is 2. The molecule has 2 N–H and O–H groups in total. The van der Waals surface area contributed by atoms with E-state index >= 15 is 0 Å². The van der Waals surface area contributed by atoms with E-state index in [9.17, 15) is 9.59 Å². The van der Waals surface area contributed by atoms with Gasteiger partial charge in [-0.25, -0.2) is 0 Å². The van der Waals surface area contributed by atoms with Crippen LogP contribution in [0.1, 0.15) is 26.3 Å². The molecule has 0 aliphatic rings. The summed E-state index contributed by atoms with van der Waals surface area (Å²) in [6.07, 6.45) is 0.257. The predicted molar refractivity (Wildman–Crippen MR) is 78.3 cm³/mol. The fraction of sp³-hybridized carbons (Fsp3) is 0.429. The van der Waals surface area contributed by atoms with Crippen LogP contribution in [0.3, 0.4) is 0 Å². The van der Waals surface area contributed by atoms with Crippen molar-refractivity contribution in [1.82, 2.24) is 10.6 Å². The number of benzene rings is 1. The second-order valence-corrected chi connectivity index (χ2v) is 5.31. The summed E-state index contributed by atoms with van der Waals surface area (Å²) in [5, 5.41) is 5.43. The van der Waals surface area contributed by atoms with Gasteiger partial charge in [-0.1, -0.05) is 12.1 Å². The van der Waals surface area contributed by atoms with E-state index in [1.54, 1.807) is 6.92 Å². The van der Waals surface area contributed by atoms with Crippen molar-refractivity contribution in [1.29, 1.82) is 0 Å². The molecule has 0 saturated heterocycles. The summed E-state index contributed by atoms with van der Waals surface area (Å²) >= 11 is 4.18. The first kappa shape index (κ1) is 15.6. The maximum absolute atomic E-state index is 11.8. The number of amides is 2. The van der Waals surface area contributed by atoms with Crippen molar-refractivity contribution in [3.05, 3.63) is 29.8 Å². The highest BCUT2D eigenvalue weighted by atomic mass is 32.1. The molecule has 0 aliphatic heterocycles. The molecule has 104 valence electrons. The van der Waals surface area contributed by atoms with Gasteiger partial charge in [0.2, 0.25) is 11.8 Å². The smallest absolute Gasteiger partial charge is 0.242 e. The van der Waals surface area contributed by atoms with Crippen molar-refractivity contribution in [2.75, 3.05) is 0 Å². The van der Waals surface area contributed by atoms with Crippen LogP contribution in [0, 0.1) is 0 Å². The maximum atomic E-state index is 11.8. The topological polar surface area (TPSA) is 58.2 Å². The highest BCUT2D eigenvalue weighted by Gasteiger charge is 2.16. The van der Waals surface area contributed by atoms with E-state index in [0.717, 1.165) is 10.5 Å². The van der Waals surface area contributed by atoms with E-state index in [0.29, 0.717) is 0 Å². The van der Waals surface area contributed by atoms with E-state index < -0.39 is 6.04 Å². The Morgan fingerprint density at radius 1 is 1.11 bits per heavy atom. The average Bonchev–Trinajstić information content (AvgIpc) is 2.31. The predicted octanol–water partition coefficient (Wildman–Crippen LogP) is 1.55. The number of thiol groups is 1. The van der Waals surface area contributed by atoms with E-state index in [-0.39, 0.29) is 24.3 Å². The number of hydrogen-bond acceptors (Lipinski definition) is 3. The van der Waals surface area contributed by atoms with Crippen molar-refractivity contribution in [3.63, 3.8) is 0 Å². The molecule has 19 heavy (non-hydrogen) atoms. The molecule has 1 atom stereocenters. The fourth-order valence-corrected chi connectivity index (χ4v) is 1.72. The Hall–Kier alpha value is -1.49. The molecular weight excluding hydrogens is 260 g/mol. The summed E-state index contributed by atoms with van der Waals surface area (Å²) in [7, 11) is 0. The Labute approximate surface area is 119 Å². The van der Waals surface area contributed by atoms with Gasteiger partial charge in [0, 0.05) is 10.9 Å². The minimum Gasteiger partial charge on any atom is -0.352 e. The van der Waals surface area contributed by atoms with E-state index in [1.165, 1.54) is 0 Å². The summed E-state index contributed by atoms with van der Waals surface area (Å²) in [5.74, 6) is -0.340. The molecule has 0 fully saturated rings. The minimum absolute atomic E-state index is 0.0646. The van der Waals surface area contributed by atoms with Gasteiger partial charge in [-0.2, -0.15) is 0 Å². The maximum Gasteiger partial charge on any atom is 0.242 e. The first-order valence-corrected chi connectivity index (χ1v) is 6.71. The SMILES string of the molecule is CC(C)NC(=O)C(C)NC(=O)Cc1ccc(S)cc1. The zero-order chi connectivity index (χ0) is 14.4. The van der Waals surface area contributed by atoms with Gasteiger partial charge in [0.05, 0.1) is 6.42 Å². The summed E-state index contributed by atoms with van der Waals surface area (Å²) in [6, 6.07) is 6.90. The van der Waals surface area contributed by atoms with Crippen molar-refractivity contribution in [2.45, 2.75) is 44.2 Å². The van der Waals surface area contributed by atoms with Gasteiger partial charge >= 0.3 is 0 Å². The van der Waals surface area contributed by atoms with Crippen molar-refractivity contribution in [3.8, 4) is 0 Å². The van der Waals surface area contributed by atoms with Gasteiger partial charge in [0.15, 0.2) is 0 Å². The van der Waals surface area contributed by atoms with Crippen LogP contribution in [-0.2, 0) is 16.0 Å². The molecule has 5 heteroatoms. The fourth-order valence-electron chi connectivity index (χ4n) is 1.57. The second kappa shape index (κ2) is 7.19. The van der Waals surface area contributed by atoms with Crippen molar-refractivity contribution in [2.24, 2.45) is 0 Å². The van der Waals surface area contributed by atoms with E-state index in [4.69, 9.17) is 0 Å². The lowest BCUT2D eigenvalue weighted by Gasteiger charge is -2.16. The van der Waals surface area contributed by atoms with Gasteiger partial charge < -0.3 is 10.6 Å². The Kier molecular flexibility index (Phi) is 5.89. The van der Waals surface area contributed by atoms with Crippen LogP contribution < -0.4 is 10.6 Å². The molecule has 1 aromatic carbocycles. The lowest BCUT2D eigenvalue weighted by atomic mass is 10.1. The van der Waals surface area contributed by atoms with E-state index in [2.05, 4.69) is 23.3 Å². The van der Waals surface area contributed by atoms with Gasteiger partial charge in [-0.3, -0.25) is 9.59 Å². The molecule has 0 spiro atoms. The van der Waals surface area contributed by atoms with Crippen LogP contribution >= 0.6 is 12.6 Å². The zero-order valence-corrected chi connectivity index (χ0v) is 12.3. The highest BCUT2D eigenvalue weighted by Crippen LogP contribution is 2.08. The molecule has 1 aromatic rings. The Bertz CT molecular complexity index is 443. The monoisotopic (exact) mass is 280 g/mol. The molecule has 0 saturated carbocycles. The lowest BCUT2D eigenvalue weighted by Crippen LogP contribution is -2.47. The van der Waals surface area contributed by atoms with Crippen LogP contribution in [-0.4, -0.2) is 23.9 Å². The molecule has 4 nitrogen and oxygen atoms in total. The quantitative estimate of drug-likeness (QED) is 0.717. The first-order chi connectivity index (χ1) is 8.88. The first-order valence-electron chi connectivity index (χ1n) is 6.26. The van der Waals surface area contributed by atoms with Gasteiger partial charge in [-0.15, -0.1) is 12.6 Å². The Morgan fingerprint density at radius 3 is 2.21 bits per heavy atom. The molecule has 1 rings (SSSR count). The lowest BCUT2D eigenvalue weighted by molar-refractivity contribution is -0.128. The normalized spacial score (nSPS) is 12.1. The molecule has 1 unspecified atom stereocenters. The van der Waals surface area contributed by atoms with Crippen LogP contribution in [0.5, 0.6) is 0 Å². The number of hydrogen-bond donors (Lipinski definition) is 3. The van der Waals surface area contributed by atoms with Crippen LogP contribution in [0.2, 0.25) is 0 Å². The van der Waals surface area contributed by atoms with Crippen LogP contribution in [0.4, 0.5) is 0 Å². The van der Waals surface area contributed by atoms with Crippen LogP contribution in [0.15, 0.2) is 29.2 Å². The van der Waals surface area contributed by atoms with Crippen molar-refractivity contribution < 1.29 is 9.59 Å². The van der Waals surface area contributed by atoms with Gasteiger partial charge in [-0.05, 0) is 38.5 Å². The summed E-state index contributed by atoms with van der Waals surface area (Å²) < 4.78 is 0. The summed E-state index contributed by atoms with van der Waals surface area (Å²) in [4.78, 5) is 24.3. The number of carbonyl (C=O) groups excluding carboxylic acids is 2. The second-order valence-electron chi connectivity index (χ2n) is 4.80. The number of nitrogens with one attached hydrogen (secondary N) is 2. The Balaban J connectivity index is 2.46. The largest absolute Gasteiger partial charge is 0.352 e. The highest BCUT2D eigenvalue weighted by molar-refractivity contribution is 7.80. The molecule has 0 heterocycles. The summed E-state index contributed by atoms with van der Waals surface area (Å²) in [5.41, 5.74) is 0.895.